The number of hydrogen-bond donors (Lipinski definition) is 1. The van der Waals surface area contributed by atoms with Crippen LogP contribution in [0.3, 0.4) is 0 Å². The van der Waals surface area contributed by atoms with Gasteiger partial charge in [-0.05, 0) is 81.4 Å². The van der Waals surface area contributed by atoms with E-state index in [-0.39, 0.29) is 0 Å². The van der Waals surface area contributed by atoms with Crippen LogP contribution in [-0.2, 0) is 11.2 Å². The van der Waals surface area contributed by atoms with Crippen LogP contribution in [0.1, 0.15) is 60.6 Å². The van der Waals surface area contributed by atoms with Crippen LogP contribution in [0.25, 0.3) is 23.3 Å². The van der Waals surface area contributed by atoms with E-state index in [1.807, 2.05) is 36.4 Å². The Bertz CT molecular complexity index is 1400. The molecule has 0 heterocycles. The number of benzene rings is 3. The molecule has 1 aliphatic rings. The minimum atomic E-state index is -0.967. The van der Waals surface area contributed by atoms with E-state index in [1.54, 1.807) is 6.08 Å². The highest BCUT2D eigenvalue weighted by atomic mass is 16.4. The van der Waals surface area contributed by atoms with Crippen LogP contribution in [0.15, 0.2) is 84.4 Å². The summed E-state index contributed by atoms with van der Waals surface area (Å²) in [4.78, 5) is 11.0. The maximum absolute atomic E-state index is 11.0. The molecular weight excluding hydrogens is 442 g/mol. The maximum Gasteiger partial charge on any atom is 0.328 e. The van der Waals surface area contributed by atoms with Crippen molar-refractivity contribution in [3.8, 4) is 6.07 Å². The van der Waals surface area contributed by atoms with Gasteiger partial charge in [-0.3, -0.25) is 0 Å². The zero-order chi connectivity index (χ0) is 25.7. The van der Waals surface area contributed by atoms with Gasteiger partial charge in [0, 0.05) is 6.08 Å². The molecule has 2 atom stereocenters. The van der Waals surface area contributed by atoms with Crippen LogP contribution in [0, 0.1) is 23.2 Å². The summed E-state index contributed by atoms with van der Waals surface area (Å²) in [6, 6.07) is 26.9. The number of nitriles is 1. The first-order valence-electron chi connectivity index (χ1n) is 12.5. The Balaban J connectivity index is 2.00. The van der Waals surface area contributed by atoms with E-state index in [0.29, 0.717) is 17.4 Å². The Morgan fingerprint density at radius 1 is 1.03 bits per heavy atom. The van der Waals surface area contributed by atoms with Gasteiger partial charge in [0.05, 0.1) is 11.6 Å². The molecular formula is C33H31NO2. The standard InChI is InChI=1S/C33H31NO2/c1-4-29(30-12-8-7-11-28(30)21-34)33(25-16-13-24(14-17-25)15-18-32(35)36)31-20-27-10-6-5-9-26(27)19-22(2)23(31)3/h5-18,20,22-23H,4,19H2,1-3H3,(H,35,36)/b18-15+,33-29+/t22-,23?/m1/s1. The maximum atomic E-state index is 11.0. The third-order valence-electron chi connectivity index (χ3n) is 7.19. The average molecular weight is 474 g/mol. The van der Waals surface area contributed by atoms with Gasteiger partial charge in [0.25, 0.3) is 0 Å². The second-order valence-electron chi connectivity index (χ2n) is 9.43. The van der Waals surface area contributed by atoms with Crippen molar-refractivity contribution in [2.45, 2.75) is 33.6 Å². The van der Waals surface area contributed by atoms with Crippen LogP contribution >= 0.6 is 0 Å². The van der Waals surface area contributed by atoms with Crippen molar-refractivity contribution in [3.63, 3.8) is 0 Å². The van der Waals surface area contributed by atoms with Gasteiger partial charge < -0.3 is 5.11 Å². The molecule has 36 heavy (non-hydrogen) atoms. The molecule has 1 N–H and O–H groups in total. The second-order valence-corrected chi connectivity index (χ2v) is 9.43. The third kappa shape index (κ3) is 5.24. The summed E-state index contributed by atoms with van der Waals surface area (Å²) < 4.78 is 0. The van der Waals surface area contributed by atoms with E-state index in [2.05, 4.69) is 69.3 Å². The number of carbonyl (C=O) groups is 1. The molecule has 3 heteroatoms. The highest BCUT2D eigenvalue weighted by molar-refractivity contribution is 6.02. The molecule has 1 aliphatic carbocycles. The topological polar surface area (TPSA) is 61.1 Å². The van der Waals surface area contributed by atoms with E-state index < -0.39 is 5.97 Å². The van der Waals surface area contributed by atoms with E-state index >= 15 is 0 Å². The molecule has 0 spiro atoms. The number of hydrogen-bond acceptors (Lipinski definition) is 2. The summed E-state index contributed by atoms with van der Waals surface area (Å²) in [5, 5.41) is 18.9. The molecule has 0 saturated heterocycles. The summed E-state index contributed by atoms with van der Waals surface area (Å²) in [6.07, 6.45) is 6.88. The summed E-state index contributed by atoms with van der Waals surface area (Å²) in [5.41, 5.74) is 9.70. The molecule has 0 radical (unpaired) electrons. The lowest BCUT2D eigenvalue weighted by atomic mass is 9.78. The van der Waals surface area contributed by atoms with Gasteiger partial charge in [-0.25, -0.2) is 4.79 Å². The van der Waals surface area contributed by atoms with Gasteiger partial charge in [0.15, 0.2) is 0 Å². The molecule has 0 bridgehead atoms. The fourth-order valence-corrected chi connectivity index (χ4v) is 5.08. The Labute approximate surface area is 213 Å². The first kappa shape index (κ1) is 24.9. The van der Waals surface area contributed by atoms with E-state index in [1.165, 1.54) is 16.7 Å². The average Bonchev–Trinajstić information content (AvgIpc) is 3.02. The molecule has 3 nitrogen and oxygen atoms in total. The van der Waals surface area contributed by atoms with Crippen molar-refractivity contribution in [2.24, 2.45) is 11.8 Å². The van der Waals surface area contributed by atoms with Gasteiger partial charge >= 0.3 is 5.97 Å². The lowest BCUT2D eigenvalue weighted by Crippen LogP contribution is -2.13. The number of allylic oxidation sites excluding steroid dienone is 3. The zero-order valence-corrected chi connectivity index (χ0v) is 21.0. The van der Waals surface area contributed by atoms with Gasteiger partial charge in [0.1, 0.15) is 0 Å². The number of fused-ring (bicyclic) bond motifs is 1. The van der Waals surface area contributed by atoms with Crippen molar-refractivity contribution < 1.29 is 9.90 Å². The highest BCUT2D eigenvalue weighted by Crippen LogP contribution is 2.43. The van der Waals surface area contributed by atoms with Gasteiger partial charge in [-0.1, -0.05) is 93.6 Å². The number of aliphatic carboxylic acids is 1. The molecule has 0 aromatic heterocycles. The van der Waals surface area contributed by atoms with E-state index in [4.69, 9.17) is 5.11 Å². The largest absolute Gasteiger partial charge is 0.478 e. The summed E-state index contributed by atoms with van der Waals surface area (Å²) in [7, 11) is 0. The smallest absolute Gasteiger partial charge is 0.328 e. The molecule has 0 fully saturated rings. The molecule has 180 valence electrons. The Morgan fingerprint density at radius 3 is 2.42 bits per heavy atom. The molecule has 0 saturated carbocycles. The molecule has 3 aromatic carbocycles. The SMILES string of the molecule is CC/C(=C(\C1=Cc2ccccc2C[C@@H](C)C1C)c1ccc(/C=C/C(=O)O)cc1)c1ccccc1C#N. The van der Waals surface area contributed by atoms with Gasteiger partial charge in [0.2, 0.25) is 0 Å². The number of carboxylic acids is 1. The molecule has 4 rings (SSSR count). The van der Waals surface area contributed by atoms with Crippen molar-refractivity contribution in [3.05, 3.63) is 118 Å². The minimum Gasteiger partial charge on any atom is -0.478 e. The van der Waals surface area contributed by atoms with Crippen LogP contribution in [-0.4, -0.2) is 11.1 Å². The van der Waals surface area contributed by atoms with Crippen molar-refractivity contribution in [1.29, 1.82) is 5.26 Å². The van der Waals surface area contributed by atoms with E-state index in [0.717, 1.165) is 46.8 Å². The Kier molecular flexibility index (Phi) is 7.66. The predicted octanol–water partition coefficient (Wildman–Crippen LogP) is 7.89. The molecule has 0 amide bonds. The zero-order valence-electron chi connectivity index (χ0n) is 21.0. The van der Waals surface area contributed by atoms with Crippen LogP contribution < -0.4 is 0 Å². The van der Waals surface area contributed by atoms with E-state index in [9.17, 15) is 10.1 Å². The lowest BCUT2D eigenvalue weighted by Gasteiger charge is -2.26. The van der Waals surface area contributed by atoms with Gasteiger partial charge in [-0.15, -0.1) is 0 Å². The first-order chi connectivity index (χ1) is 17.4. The van der Waals surface area contributed by atoms with Crippen molar-refractivity contribution in [1.82, 2.24) is 0 Å². The van der Waals surface area contributed by atoms with Gasteiger partial charge in [-0.2, -0.15) is 5.26 Å². The minimum absolute atomic E-state index is 0.301. The molecule has 0 aliphatic heterocycles. The second kappa shape index (κ2) is 11.1. The normalized spacial score (nSPS) is 18.0. The Morgan fingerprint density at radius 2 is 1.72 bits per heavy atom. The molecule has 3 aromatic rings. The van der Waals surface area contributed by atoms with Crippen LogP contribution in [0.2, 0.25) is 0 Å². The molecule has 1 unspecified atom stereocenters. The summed E-state index contributed by atoms with van der Waals surface area (Å²) >= 11 is 0. The van der Waals surface area contributed by atoms with Crippen LogP contribution in [0.4, 0.5) is 0 Å². The van der Waals surface area contributed by atoms with Crippen molar-refractivity contribution in [2.75, 3.05) is 0 Å². The summed E-state index contributed by atoms with van der Waals surface area (Å²) in [6.45, 7) is 6.76. The fraction of sp³-hybridized carbons (Fsp3) is 0.212. The number of nitrogens with zero attached hydrogens (tertiary/aromatic N) is 1. The fourth-order valence-electron chi connectivity index (χ4n) is 5.08. The predicted molar refractivity (Wildman–Crippen MR) is 148 cm³/mol. The summed E-state index contributed by atoms with van der Waals surface area (Å²) in [5.74, 6) is -0.224. The Hall–Kier alpha value is -4.16. The third-order valence-corrected chi connectivity index (χ3v) is 7.19. The monoisotopic (exact) mass is 473 g/mol. The quantitative estimate of drug-likeness (QED) is 0.292. The van der Waals surface area contributed by atoms with Crippen LogP contribution in [0.5, 0.6) is 0 Å². The van der Waals surface area contributed by atoms with Crippen molar-refractivity contribution >= 4 is 29.3 Å². The number of rotatable bonds is 6. The first-order valence-corrected chi connectivity index (χ1v) is 12.5. The lowest BCUT2D eigenvalue weighted by molar-refractivity contribution is -0.131. The number of carboxylic acid groups (broad SMARTS) is 1. The highest BCUT2D eigenvalue weighted by Gasteiger charge is 2.27.